The van der Waals surface area contributed by atoms with Crippen LogP contribution in [0.2, 0.25) is 0 Å². The zero-order valence-electron chi connectivity index (χ0n) is 9.75. The Bertz CT molecular complexity index is 432. The molecule has 1 N–H and O–H groups in total. The van der Waals surface area contributed by atoms with E-state index in [4.69, 9.17) is 4.74 Å². The summed E-state index contributed by atoms with van der Waals surface area (Å²) in [7, 11) is 1.57. The first-order valence-electron chi connectivity index (χ1n) is 5.18. The summed E-state index contributed by atoms with van der Waals surface area (Å²) in [5.41, 5.74) is 0.510. The van der Waals surface area contributed by atoms with E-state index in [0.717, 1.165) is 4.47 Å². The number of benzene rings is 1. The second-order valence-electron chi connectivity index (χ2n) is 3.47. The Labute approximate surface area is 108 Å². The van der Waals surface area contributed by atoms with Crippen LogP contribution in [0.1, 0.15) is 23.7 Å². The van der Waals surface area contributed by atoms with Crippen LogP contribution in [0.25, 0.3) is 0 Å². The average molecular weight is 300 g/mol. The van der Waals surface area contributed by atoms with E-state index < -0.39 is 0 Å². The number of ether oxygens (including phenoxy) is 1. The molecular formula is C12H14BrNO3. The van der Waals surface area contributed by atoms with Crippen LogP contribution in [-0.2, 0) is 4.79 Å². The summed E-state index contributed by atoms with van der Waals surface area (Å²) in [6.07, 6.45) is 0.268. The molecule has 0 aromatic heterocycles. The minimum absolute atomic E-state index is 0.0683. The van der Waals surface area contributed by atoms with Crippen molar-refractivity contribution in [3.8, 4) is 5.75 Å². The molecule has 0 radical (unpaired) electrons. The van der Waals surface area contributed by atoms with Gasteiger partial charge >= 0.3 is 0 Å². The van der Waals surface area contributed by atoms with E-state index in [0.29, 0.717) is 11.3 Å². The Morgan fingerprint density at radius 2 is 2.12 bits per heavy atom. The second-order valence-corrected chi connectivity index (χ2v) is 4.38. The number of Topliss-reactive ketones (excluding diaryl/α,β-unsaturated/α-hetero) is 1. The van der Waals surface area contributed by atoms with Gasteiger partial charge < -0.3 is 10.1 Å². The topological polar surface area (TPSA) is 55.4 Å². The molecule has 0 heterocycles. The van der Waals surface area contributed by atoms with Gasteiger partial charge in [0.05, 0.1) is 18.6 Å². The van der Waals surface area contributed by atoms with Gasteiger partial charge in [-0.2, -0.15) is 0 Å². The Morgan fingerprint density at radius 3 is 2.71 bits per heavy atom. The molecule has 17 heavy (non-hydrogen) atoms. The zero-order chi connectivity index (χ0) is 12.8. The minimum atomic E-state index is -0.0912. The summed E-state index contributed by atoms with van der Waals surface area (Å²) in [5.74, 6) is 0.345. The summed E-state index contributed by atoms with van der Waals surface area (Å²) < 4.78 is 6.24. The van der Waals surface area contributed by atoms with Crippen LogP contribution in [0.3, 0.4) is 0 Å². The lowest BCUT2D eigenvalue weighted by Crippen LogP contribution is -2.20. The maximum absolute atomic E-state index is 11.4. The highest BCUT2D eigenvalue weighted by Crippen LogP contribution is 2.23. The van der Waals surface area contributed by atoms with Crippen LogP contribution in [0, 0.1) is 0 Å². The molecule has 0 saturated carbocycles. The highest BCUT2D eigenvalue weighted by Gasteiger charge is 2.09. The first kappa shape index (κ1) is 13.7. The molecule has 0 fully saturated rings. The molecule has 0 unspecified atom stereocenters. The molecule has 0 atom stereocenters. The standard InChI is InChI=1S/C12H14BrNO3/c1-8(15)10-7-9(13)3-4-11(10)17-6-5-12(16)14-2/h3-4,7H,5-6H2,1-2H3,(H,14,16). The van der Waals surface area contributed by atoms with E-state index >= 15 is 0 Å². The predicted molar refractivity (Wildman–Crippen MR) is 68.3 cm³/mol. The van der Waals surface area contributed by atoms with Gasteiger partial charge in [-0.1, -0.05) is 15.9 Å². The Kier molecular flexibility index (Phi) is 5.15. The van der Waals surface area contributed by atoms with Crippen LogP contribution in [-0.4, -0.2) is 25.3 Å². The van der Waals surface area contributed by atoms with Gasteiger partial charge in [0, 0.05) is 11.5 Å². The van der Waals surface area contributed by atoms with Gasteiger partial charge in [0.15, 0.2) is 5.78 Å². The lowest BCUT2D eigenvalue weighted by Gasteiger charge is -2.09. The monoisotopic (exact) mass is 299 g/mol. The molecule has 1 aromatic carbocycles. The largest absolute Gasteiger partial charge is 0.492 e. The first-order chi connectivity index (χ1) is 8.04. The van der Waals surface area contributed by atoms with Gasteiger partial charge in [0.1, 0.15) is 5.75 Å². The summed E-state index contributed by atoms with van der Waals surface area (Å²) in [6, 6.07) is 5.21. The van der Waals surface area contributed by atoms with Crippen molar-refractivity contribution in [1.29, 1.82) is 0 Å². The van der Waals surface area contributed by atoms with E-state index in [-0.39, 0.29) is 24.7 Å². The summed E-state index contributed by atoms with van der Waals surface area (Å²) in [6.45, 7) is 1.73. The molecule has 92 valence electrons. The maximum Gasteiger partial charge on any atom is 0.223 e. The van der Waals surface area contributed by atoms with E-state index in [1.807, 2.05) is 0 Å². The molecular weight excluding hydrogens is 286 g/mol. The van der Waals surface area contributed by atoms with Crippen molar-refractivity contribution < 1.29 is 14.3 Å². The van der Waals surface area contributed by atoms with Crippen LogP contribution in [0.15, 0.2) is 22.7 Å². The van der Waals surface area contributed by atoms with Gasteiger partial charge in [-0.05, 0) is 25.1 Å². The van der Waals surface area contributed by atoms with Gasteiger partial charge in [-0.15, -0.1) is 0 Å². The maximum atomic E-state index is 11.4. The lowest BCUT2D eigenvalue weighted by molar-refractivity contribution is -0.121. The molecule has 4 nitrogen and oxygen atoms in total. The normalized spacial score (nSPS) is 9.82. The molecule has 0 aliphatic heterocycles. The summed E-state index contributed by atoms with van der Waals surface area (Å²) in [4.78, 5) is 22.4. The predicted octanol–water partition coefficient (Wildman–Crippen LogP) is 2.17. The minimum Gasteiger partial charge on any atom is -0.492 e. The number of nitrogens with one attached hydrogen (secondary N) is 1. The van der Waals surface area contributed by atoms with E-state index in [1.165, 1.54) is 6.92 Å². The molecule has 0 spiro atoms. The van der Waals surface area contributed by atoms with Crippen molar-refractivity contribution in [2.24, 2.45) is 0 Å². The van der Waals surface area contributed by atoms with Crippen molar-refractivity contribution in [3.05, 3.63) is 28.2 Å². The molecule has 1 amide bonds. The Balaban J connectivity index is 2.70. The smallest absolute Gasteiger partial charge is 0.223 e. The van der Waals surface area contributed by atoms with Crippen LogP contribution < -0.4 is 10.1 Å². The molecule has 5 heteroatoms. The number of ketones is 1. The number of carbonyl (C=O) groups excluding carboxylic acids is 2. The van der Waals surface area contributed by atoms with Crippen molar-refractivity contribution in [2.75, 3.05) is 13.7 Å². The van der Waals surface area contributed by atoms with E-state index in [2.05, 4.69) is 21.2 Å². The number of hydrogen-bond donors (Lipinski definition) is 1. The molecule has 0 bridgehead atoms. The number of carbonyl (C=O) groups is 2. The Morgan fingerprint density at radius 1 is 1.41 bits per heavy atom. The fourth-order valence-electron chi connectivity index (χ4n) is 1.28. The van der Waals surface area contributed by atoms with E-state index in [9.17, 15) is 9.59 Å². The highest BCUT2D eigenvalue weighted by molar-refractivity contribution is 9.10. The molecule has 1 aromatic rings. The van der Waals surface area contributed by atoms with Crippen molar-refractivity contribution in [1.82, 2.24) is 5.32 Å². The first-order valence-corrected chi connectivity index (χ1v) is 5.97. The quantitative estimate of drug-likeness (QED) is 0.848. The Hall–Kier alpha value is -1.36. The van der Waals surface area contributed by atoms with Crippen LogP contribution in [0.4, 0.5) is 0 Å². The number of halogens is 1. The fourth-order valence-corrected chi connectivity index (χ4v) is 1.64. The van der Waals surface area contributed by atoms with Gasteiger partial charge in [-0.3, -0.25) is 9.59 Å². The zero-order valence-corrected chi connectivity index (χ0v) is 11.3. The third-order valence-electron chi connectivity index (χ3n) is 2.19. The van der Waals surface area contributed by atoms with Gasteiger partial charge in [0.25, 0.3) is 0 Å². The molecule has 0 saturated heterocycles. The highest BCUT2D eigenvalue weighted by atomic mass is 79.9. The molecule has 0 aliphatic carbocycles. The number of amides is 1. The van der Waals surface area contributed by atoms with E-state index in [1.54, 1.807) is 25.2 Å². The molecule has 1 rings (SSSR count). The number of hydrogen-bond acceptors (Lipinski definition) is 3. The van der Waals surface area contributed by atoms with Gasteiger partial charge in [0.2, 0.25) is 5.91 Å². The molecule has 0 aliphatic rings. The summed E-state index contributed by atoms with van der Waals surface area (Å²) >= 11 is 3.30. The van der Waals surface area contributed by atoms with Gasteiger partial charge in [-0.25, -0.2) is 0 Å². The number of rotatable bonds is 5. The van der Waals surface area contributed by atoms with Crippen molar-refractivity contribution >= 4 is 27.6 Å². The second kappa shape index (κ2) is 6.39. The third kappa shape index (κ3) is 4.19. The summed E-state index contributed by atoms with van der Waals surface area (Å²) in [5, 5.41) is 2.50. The lowest BCUT2D eigenvalue weighted by atomic mass is 10.1. The third-order valence-corrected chi connectivity index (χ3v) is 2.68. The van der Waals surface area contributed by atoms with Crippen molar-refractivity contribution in [3.63, 3.8) is 0 Å². The van der Waals surface area contributed by atoms with Crippen LogP contribution in [0.5, 0.6) is 5.75 Å². The SMILES string of the molecule is CNC(=O)CCOc1ccc(Br)cc1C(C)=O. The van der Waals surface area contributed by atoms with Crippen molar-refractivity contribution in [2.45, 2.75) is 13.3 Å². The van der Waals surface area contributed by atoms with Crippen LogP contribution >= 0.6 is 15.9 Å². The average Bonchev–Trinajstić information content (AvgIpc) is 2.30. The fraction of sp³-hybridized carbons (Fsp3) is 0.333.